The summed E-state index contributed by atoms with van der Waals surface area (Å²) in [5, 5.41) is 5.11. The van der Waals surface area contributed by atoms with Gasteiger partial charge in [0.2, 0.25) is 11.8 Å². The van der Waals surface area contributed by atoms with E-state index in [9.17, 15) is 18.4 Å². The fourth-order valence-corrected chi connectivity index (χ4v) is 2.47. The largest absolute Gasteiger partial charge is 0.325 e. The minimum absolute atomic E-state index is 0.0168. The summed E-state index contributed by atoms with van der Waals surface area (Å²) in [6.45, 7) is 1.84. The van der Waals surface area contributed by atoms with Gasteiger partial charge in [0.05, 0.1) is 18.8 Å². The second kappa shape index (κ2) is 9.05. The molecule has 2 N–H and O–H groups in total. The zero-order valence-corrected chi connectivity index (χ0v) is 14.7. The molecule has 2 aromatic rings. The number of para-hydroxylation sites is 1. The molecule has 5 nitrogen and oxygen atoms in total. The zero-order valence-electron chi connectivity index (χ0n) is 14.7. The Morgan fingerprint density at radius 1 is 0.962 bits per heavy atom. The molecule has 138 valence electrons. The average molecular weight is 361 g/mol. The molecule has 0 aromatic heterocycles. The summed E-state index contributed by atoms with van der Waals surface area (Å²) in [6, 6.07) is 10.3. The monoisotopic (exact) mass is 361 g/mol. The number of benzene rings is 2. The standard InChI is InChI=1S/C19H21F2N3O2/c1-3-13-6-4-5-7-16(13)22-18(25)11-24(2)12-19(26)23-17-10-14(20)8-9-15(17)21/h4-10H,3,11-12H2,1-2H3,(H,22,25)(H,23,26). The Bertz CT molecular complexity index is 796. The van der Waals surface area contributed by atoms with Gasteiger partial charge in [-0.05, 0) is 37.2 Å². The van der Waals surface area contributed by atoms with Crippen molar-refractivity contribution in [1.82, 2.24) is 4.90 Å². The van der Waals surface area contributed by atoms with Crippen molar-refractivity contribution in [3.8, 4) is 0 Å². The maximum atomic E-state index is 13.5. The number of hydrogen-bond donors (Lipinski definition) is 2. The highest BCUT2D eigenvalue weighted by Crippen LogP contribution is 2.16. The third kappa shape index (κ3) is 5.63. The lowest BCUT2D eigenvalue weighted by atomic mass is 10.1. The first-order valence-electron chi connectivity index (χ1n) is 8.20. The molecule has 2 amide bonds. The number of rotatable bonds is 7. The highest BCUT2D eigenvalue weighted by Gasteiger charge is 2.14. The van der Waals surface area contributed by atoms with Crippen molar-refractivity contribution < 1.29 is 18.4 Å². The first-order valence-corrected chi connectivity index (χ1v) is 8.20. The van der Waals surface area contributed by atoms with Gasteiger partial charge in [0.1, 0.15) is 11.6 Å². The van der Waals surface area contributed by atoms with E-state index in [2.05, 4.69) is 10.6 Å². The SMILES string of the molecule is CCc1ccccc1NC(=O)CN(C)CC(=O)Nc1cc(F)ccc1F. The van der Waals surface area contributed by atoms with Gasteiger partial charge < -0.3 is 10.6 Å². The van der Waals surface area contributed by atoms with Crippen molar-refractivity contribution in [1.29, 1.82) is 0 Å². The molecule has 7 heteroatoms. The average Bonchev–Trinajstić information content (AvgIpc) is 2.58. The fraction of sp³-hybridized carbons (Fsp3) is 0.263. The van der Waals surface area contributed by atoms with Gasteiger partial charge in [-0.3, -0.25) is 14.5 Å². The second-order valence-electron chi connectivity index (χ2n) is 5.90. The molecular weight excluding hydrogens is 340 g/mol. The Balaban J connectivity index is 1.87. The molecule has 2 aromatic carbocycles. The van der Waals surface area contributed by atoms with Crippen LogP contribution in [0.3, 0.4) is 0 Å². The van der Waals surface area contributed by atoms with Crippen LogP contribution >= 0.6 is 0 Å². The summed E-state index contributed by atoms with van der Waals surface area (Å²) in [5.41, 5.74) is 1.52. The Morgan fingerprint density at radius 2 is 1.58 bits per heavy atom. The number of halogens is 2. The van der Waals surface area contributed by atoms with Crippen molar-refractivity contribution in [3.05, 3.63) is 59.7 Å². The van der Waals surface area contributed by atoms with Crippen LogP contribution in [-0.2, 0) is 16.0 Å². The van der Waals surface area contributed by atoms with Crippen molar-refractivity contribution in [3.63, 3.8) is 0 Å². The number of aryl methyl sites for hydroxylation is 1. The number of amides is 2. The summed E-state index contributed by atoms with van der Waals surface area (Å²) < 4.78 is 26.7. The summed E-state index contributed by atoms with van der Waals surface area (Å²) in [5.74, 6) is -2.18. The lowest BCUT2D eigenvalue weighted by Crippen LogP contribution is -2.36. The maximum absolute atomic E-state index is 13.5. The van der Waals surface area contributed by atoms with E-state index in [1.807, 2.05) is 31.2 Å². The lowest BCUT2D eigenvalue weighted by molar-refractivity contribution is -0.119. The van der Waals surface area contributed by atoms with Crippen LogP contribution in [-0.4, -0.2) is 36.9 Å². The molecule has 0 unspecified atom stereocenters. The highest BCUT2D eigenvalue weighted by molar-refractivity contribution is 5.95. The number of anilines is 2. The molecule has 0 radical (unpaired) electrons. The number of carbonyl (C=O) groups excluding carboxylic acids is 2. The second-order valence-corrected chi connectivity index (χ2v) is 5.90. The van der Waals surface area contributed by atoms with E-state index in [0.717, 1.165) is 35.9 Å². The summed E-state index contributed by atoms with van der Waals surface area (Å²) >= 11 is 0. The predicted molar refractivity (Wildman–Crippen MR) is 96.9 cm³/mol. The van der Waals surface area contributed by atoms with E-state index in [0.29, 0.717) is 0 Å². The minimum atomic E-state index is -0.726. The molecule has 0 fully saturated rings. The van der Waals surface area contributed by atoms with Crippen molar-refractivity contribution in [2.24, 2.45) is 0 Å². The summed E-state index contributed by atoms with van der Waals surface area (Å²) in [7, 11) is 1.59. The summed E-state index contributed by atoms with van der Waals surface area (Å²) in [6.07, 6.45) is 0.786. The molecule has 0 heterocycles. The molecular formula is C19H21F2N3O2. The molecule has 0 aliphatic rings. The molecule has 0 bridgehead atoms. The van der Waals surface area contributed by atoms with Crippen LogP contribution in [0.4, 0.5) is 20.2 Å². The van der Waals surface area contributed by atoms with E-state index in [-0.39, 0.29) is 24.7 Å². The summed E-state index contributed by atoms with van der Waals surface area (Å²) in [4.78, 5) is 25.6. The quantitative estimate of drug-likeness (QED) is 0.797. The third-order valence-electron chi connectivity index (χ3n) is 3.70. The van der Waals surface area contributed by atoms with Gasteiger partial charge in [0.25, 0.3) is 0 Å². The normalized spacial score (nSPS) is 10.7. The maximum Gasteiger partial charge on any atom is 0.238 e. The van der Waals surface area contributed by atoms with Crippen LogP contribution in [0, 0.1) is 11.6 Å². The van der Waals surface area contributed by atoms with Crippen LogP contribution in [0.15, 0.2) is 42.5 Å². The van der Waals surface area contributed by atoms with E-state index < -0.39 is 17.5 Å². The van der Waals surface area contributed by atoms with Crippen molar-refractivity contribution in [2.75, 3.05) is 30.8 Å². The fourth-order valence-electron chi connectivity index (χ4n) is 2.47. The van der Waals surface area contributed by atoms with Crippen molar-refractivity contribution in [2.45, 2.75) is 13.3 Å². The number of nitrogens with zero attached hydrogens (tertiary/aromatic N) is 1. The van der Waals surface area contributed by atoms with E-state index in [1.54, 1.807) is 7.05 Å². The van der Waals surface area contributed by atoms with Gasteiger partial charge in [-0.2, -0.15) is 0 Å². The van der Waals surface area contributed by atoms with Gasteiger partial charge in [0, 0.05) is 11.8 Å². The Labute approximate surface area is 151 Å². The molecule has 0 spiro atoms. The Morgan fingerprint density at radius 3 is 2.23 bits per heavy atom. The van der Waals surface area contributed by atoms with Gasteiger partial charge >= 0.3 is 0 Å². The molecule has 0 saturated carbocycles. The van der Waals surface area contributed by atoms with E-state index in [1.165, 1.54) is 4.90 Å². The number of hydrogen-bond acceptors (Lipinski definition) is 3. The van der Waals surface area contributed by atoms with Gasteiger partial charge in [-0.1, -0.05) is 25.1 Å². The van der Waals surface area contributed by atoms with Crippen LogP contribution in [0.5, 0.6) is 0 Å². The van der Waals surface area contributed by atoms with Crippen LogP contribution < -0.4 is 10.6 Å². The smallest absolute Gasteiger partial charge is 0.238 e. The van der Waals surface area contributed by atoms with E-state index >= 15 is 0 Å². The van der Waals surface area contributed by atoms with Crippen LogP contribution in [0.1, 0.15) is 12.5 Å². The Hall–Kier alpha value is -2.80. The molecule has 0 aliphatic carbocycles. The van der Waals surface area contributed by atoms with Gasteiger partial charge in [-0.25, -0.2) is 8.78 Å². The third-order valence-corrected chi connectivity index (χ3v) is 3.70. The van der Waals surface area contributed by atoms with Crippen LogP contribution in [0.25, 0.3) is 0 Å². The van der Waals surface area contributed by atoms with Gasteiger partial charge in [-0.15, -0.1) is 0 Å². The first kappa shape index (κ1) is 19.5. The molecule has 0 aliphatic heterocycles. The number of nitrogens with one attached hydrogen (secondary N) is 2. The Kier molecular flexibility index (Phi) is 6.80. The highest BCUT2D eigenvalue weighted by atomic mass is 19.1. The first-order chi connectivity index (χ1) is 12.4. The molecule has 0 atom stereocenters. The van der Waals surface area contributed by atoms with Crippen molar-refractivity contribution >= 4 is 23.2 Å². The predicted octanol–water partition coefficient (Wildman–Crippen LogP) is 3.04. The van der Waals surface area contributed by atoms with Gasteiger partial charge in [0.15, 0.2) is 0 Å². The number of carbonyl (C=O) groups is 2. The zero-order chi connectivity index (χ0) is 19.1. The molecule has 2 rings (SSSR count). The molecule has 26 heavy (non-hydrogen) atoms. The van der Waals surface area contributed by atoms with E-state index in [4.69, 9.17) is 0 Å². The topological polar surface area (TPSA) is 61.4 Å². The lowest BCUT2D eigenvalue weighted by Gasteiger charge is -2.17. The minimum Gasteiger partial charge on any atom is -0.325 e. The number of likely N-dealkylation sites (N-methyl/N-ethyl adjacent to an activating group) is 1. The van der Waals surface area contributed by atoms with Crippen LogP contribution in [0.2, 0.25) is 0 Å². The molecule has 0 saturated heterocycles.